The van der Waals surface area contributed by atoms with E-state index in [1.54, 1.807) is 0 Å². The molecule has 0 radical (unpaired) electrons. The molecule has 0 aliphatic rings. The highest BCUT2D eigenvalue weighted by Gasteiger charge is 2.34. The summed E-state index contributed by atoms with van der Waals surface area (Å²) in [7, 11) is 0. The Balaban J connectivity index is 0.000000500. The molecule has 0 amide bonds. The van der Waals surface area contributed by atoms with Gasteiger partial charge in [0.1, 0.15) is 5.56 Å². The van der Waals surface area contributed by atoms with Crippen LogP contribution >= 0.6 is 0 Å². The summed E-state index contributed by atoms with van der Waals surface area (Å²) < 4.78 is 47.6. The Kier molecular flexibility index (Phi) is 4.54. The molecular formula is C7H5F4NO2. The first kappa shape index (κ1) is 12.3. The summed E-state index contributed by atoms with van der Waals surface area (Å²) in [5.74, 6) is -1.49. The maximum atomic E-state index is 12.3. The van der Waals surface area contributed by atoms with Gasteiger partial charge in [0.05, 0.1) is 0 Å². The molecule has 78 valence electrons. The maximum Gasteiger partial charge on any atom is 0.420 e. The van der Waals surface area contributed by atoms with E-state index in [4.69, 9.17) is 9.90 Å². The van der Waals surface area contributed by atoms with E-state index in [9.17, 15) is 17.6 Å². The van der Waals surface area contributed by atoms with Crippen LogP contribution < -0.4 is 0 Å². The SMILES string of the molecule is Fc1ncccc1C(F)(F)F.O=CO. The van der Waals surface area contributed by atoms with Crippen LogP contribution in [0.5, 0.6) is 0 Å². The summed E-state index contributed by atoms with van der Waals surface area (Å²) in [5.41, 5.74) is -1.33. The largest absolute Gasteiger partial charge is 0.483 e. The molecule has 1 aromatic heterocycles. The van der Waals surface area contributed by atoms with Crippen LogP contribution in [0.1, 0.15) is 5.56 Å². The fourth-order valence-electron chi connectivity index (χ4n) is 0.597. The lowest BCUT2D eigenvalue weighted by atomic mass is 10.3. The van der Waals surface area contributed by atoms with Crippen LogP contribution in [0.25, 0.3) is 0 Å². The third-order valence-corrected chi connectivity index (χ3v) is 1.06. The molecule has 1 N–H and O–H groups in total. The lowest BCUT2D eigenvalue weighted by Crippen LogP contribution is -2.08. The van der Waals surface area contributed by atoms with Crippen molar-refractivity contribution in [3.05, 3.63) is 29.8 Å². The van der Waals surface area contributed by atoms with Gasteiger partial charge in [-0.2, -0.15) is 17.6 Å². The van der Waals surface area contributed by atoms with Crippen molar-refractivity contribution in [2.75, 3.05) is 0 Å². The molecule has 1 aromatic rings. The van der Waals surface area contributed by atoms with Gasteiger partial charge >= 0.3 is 6.18 Å². The molecule has 0 saturated carbocycles. The Bertz CT molecular complexity index is 300. The van der Waals surface area contributed by atoms with Crippen LogP contribution in [0.4, 0.5) is 17.6 Å². The molecule has 0 spiro atoms. The average molecular weight is 211 g/mol. The fourth-order valence-corrected chi connectivity index (χ4v) is 0.597. The number of nitrogens with zero attached hydrogens (tertiary/aromatic N) is 1. The molecule has 0 atom stereocenters. The average Bonchev–Trinajstić information content (AvgIpc) is 2.04. The predicted molar refractivity (Wildman–Crippen MR) is 37.9 cm³/mol. The Morgan fingerprint density at radius 2 is 1.93 bits per heavy atom. The second kappa shape index (κ2) is 5.15. The summed E-state index contributed by atoms with van der Waals surface area (Å²) in [6.07, 6.45) is -3.69. The standard InChI is InChI=1S/C6H3F4N.CH2O2/c7-5-4(6(8,9)10)2-1-3-11-5;2-1-3/h1-3H;1H,(H,2,3). The van der Waals surface area contributed by atoms with Crippen molar-refractivity contribution in [3.8, 4) is 0 Å². The molecule has 0 aliphatic heterocycles. The number of halogens is 4. The quantitative estimate of drug-likeness (QED) is 0.405. The van der Waals surface area contributed by atoms with Crippen LogP contribution in [-0.2, 0) is 11.0 Å². The van der Waals surface area contributed by atoms with Gasteiger partial charge in [-0.25, -0.2) is 4.98 Å². The molecule has 0 fully saturated rings. The molecule has 1 rings (SSSR count). The Morgan fingerprint density at radius 3 is 2.21 bits per heavy atom. The lowest BCUT2D eigenvalue weighted by Gasteiger charge is -2.04. The van der Waals surface area contributed by atoms with Crippen molar-refractivity contribution in [2.24, 2.45) is 0 Å². The van der Waals surface area contributed by atoms with Crippen LogP contribution in [0, 0.1) is 5.95 Å². The summed E-state index contributed by atoms with van der Waals surface area (Å²) >= 11 is 0. The Hall–Kier alpha value is -1.66. The molecule has 0 aromatic carbocycles. The van der Waals surface area contributed by atoms with Crippen LogP contribution in [-0.4, -0.2) is 16.6 Å². The zero-order valence-electron chi connectivity index (χ0n) is 6.62. The van der Waals surface area contributed by atoms with Gasteiger partial charge in [-0.05, 0) is 12.1 Å². The first-order valence-corrected chi connectivity index (χ1v) is 3.19. The summed E-state index contributed by atoms with van der Waals surface area (Å²) in [5, 5.41) is 6.89. The molecule has 7 heteroatoms. The van der Waals surface area contributed by atoms with Gasteiger partial charge in [0.15, 0.2) is 0 Å². The highest BCUT2D eigenvalue weighted by atomic mass is 19.4. The van der Waals surface area contributed by atoms with Gasteiger partial charge in [-0.1, -0.05) is 0 Å². The lowest BCUT2D eigenvalue weighted by molar-refractivity contribution is -0.140. The first-order valence-electron chi connectivity index (χ1n) is 3.19. The number of aromatic nitrogens is 1. The monoisotopic (exact) mass is 211 g/mol. The zero-order valence-corrected chi connectivity index (χ0v) is 6.62. The van der Waals surface area contributed by atoms with Gasteiger partial charge in [0.25, 0.3) is 6.47 Å². The number of carboxylic acid groups (broad SMARTS) is 1. The van der Waals surface area contributed by atoms with E-state index in [0.29, 0.717) is 6.07 Å². The van der Waals surface area contributed by atoms with Crippen molar-refractivity contribution in [1.82, 2.24) is 4.98 Å². The van der Waals surface area contributed by atoms with Crippen LogP contribution in [0.2, 0.25) is 0 Å². The molecule has 14 heavy (non-hydrogen) atoms. The first-order chi connectivity index (χ1) is 6.43. The molecule has 0 unspecified atom stereocenters. The minimum Gasteiger partial charge on any atom is -0.483 e. The summed E-state index contributed by atoms with van der Waals surface area (Å²) in [4.78, 5) is 11.2. The normalized spacial score (nSPS) is 10.0. The van der Waals surface area contributed by atoms with Gasteiger partial charge in [0, 0.05) is 6.20 Å². The second-order valence-electron chi connectivity index (χ2n) is 1.94. The number of hydrogen-bond acceptors (Lipinski definition) is 2. The molecule has 0 aliphatic carbocycles. The molecule has 0 bridgehead atoms. The maximum absolute atomic E-state index is 12.3. The summed E-state index contributed by atoms with van der Waals surface area (Å²) in [6, 6.07) is 1.67. The minimum absolute atomic E-state index is 0.250. The second-order valence-corrected chi connectivity index (χ2v) is 1.94. The smallest absolute Gasteiger partial charge is 0.420 e. The molecule has 1 heterocycles. The number of carbonyl (C=O) groups is 1. The number of hydrogen-bond donors (Lipinski definition) is 1. The van der Waals surface area contributed by atoms with Crippen molar-refractivity contribution < 1.29 is 27.5 Å². The predicted octanol–water partition coefficient (Wildman–Crippen LogP) is 1.94. The van der Waals surface area contributed by atoms with E-state index in [1.165, 1.54) is 0 Å². The number of rotatable bonds is 0. The topological polar surface area (TPSA) is 50.2 Å². The number of pyridine rings is 1. The van der Waals surface area contributed by atoms with E-state index in [-0.39, 0.29) is 6.47 Å². The van der Waals surface area contributed by atoms with Crippen molar-refractivity contribution in [2.45, 2.75) is 6.18 Å². The molecular weight excluding hydrogens is 206 g/mol. The van der Waals surface area contributed by atoms with E-state index in [0.717, 1.165) is 12.3 Å². The van der Waals surface area contributed by atoms with Crippen molar-refractivity contribution in [3.63, 3.8) is 0 Å². The number of alkyl halides is 3. The van der Waals surface area contributed by atoms with E-state index < -0.39 is 17.7 Å². The summed E-state index contributed by atoms with van der Waals surface area (Å²) in [6.45, 7) is -0.250. The van der Waals surface area contributed by atoms with Crippen LogP contribution in [0.15, 0.2) is 18.3 Å². The highest BCUT2D eigenvalue weighted by Crippen LogP contribution is 2.29. The van der Waals surface area contributed by atoms with Gasteiger partial charge in [-0.3, -0.25) is 4.79 Å². The van der Waals surface area contributed by atoms with E-state index in [1.807, 2.05) is 0 Å². The molecule has 3 nitrogen and oxygen atoms in total. The highest BCUT2D eigenvalue weighted by molar-refractivity contribution is 5.32. The van der Waals surface area contributed by atoms with Crippen LogP contribution in [0.3, 0.4) is 0 Å². The van der Waals surface area contributed by atoms with Gasteiger partial charge < -0.3 is 5.11 Å². The Labute approximate surface area is 76.0 Å². The van der Waals surface area contributed by atoms with Crippen molar-refractivity contribution >= 4 is 6.47 Å². The van der Waals surface area contributed by atoms with Gasteiger partial charge in [0.2, 0.25) is 5.95 Å². The van der Waals surface area contributed by atoms with E-state index in [2.05, 4.69) is 4.98 Å². The van der Waals surface area contributed by atoms with Crippen molar-refractivity contribution in [1.29, 1.82) is 0 Å². The minimum atomic E-state index is -4.65. The van der Waals surface area contributed by atoms with Gasteiger partial charge in [-0.15, -0.1) is 0 Å². The third-order valence-electron chi connectivity index (χ3n) is 1.06. The van der Waals surface area contributed by atoms with E-state index >= 15 is 0 Å². The fraction of sp³-hybridized carbons (Fsp3) is 0.143. The third kappa shape index (κ3) is 3.83. The zero-order chi connectivity index (χ0) is 11.2. The Morgan fingerprint density at radius 1 is 1.43 bits per heavy atom. The molecule has 0 saturated heterocycles.